The summed E-state index contributed by atoms with van der Waals surface area (Å²) in [6.07, 6.45) is 4.10. The minimum Gasteiger partial charge on any atom is -0.496 e. The number of halogens is 1. The lowest BCUT2D eigenvalue weighted by Gasteiger charge is -2.13. The van der Waals surface area contributed by atoms with E-state index in [0.717, 1.165) is 45.2 Å². The van der Waals surface area contributed by atoms with Gasteiger partial charge >= 0.3 is 0 Å². The summed E-state index contributed by atoms with van der Waals surface area (Å²) < 4.78 is 16.5. The molecule has 1 aromatic heterocycles. The van der Waals surface area contributed by atoms with Gasteiger partial charge in [-0.05, 0) is 49.6 Å². The second-order valence-electron chi connectivity index (χ2n) is 7.08. The van der Waals surface area contributed by atoms with Crippen LogP contribution in [0.1, 0.15) is 24.5 Å². The molecule has 0 atom stereocenters. The average molecular weight is 428 g/mol. The van der Waals surface area contributed by atoms with Gasteiger partial charge in [-0.25, -0.2) is 0 Å². The SMILES string of the molecule is COCCCNC(=O)/C=C(\C)c1cc2c(-c3ccc(Cl)cc3)coc2c(C)c1OC. The third-order valence-corrected chi connectivity index (χ3v) is 5.25. The summed E-state index contributed by atoms with van der Waals surface area (Å²) in [4.78, 5) is 12.3. The number of methoxy groups -OCH3 is 2. The molecular formula is C24H26ClNO4. The fraction of sp³-hybridized carbons (Fsp3) is 0.292. The van der Waals surface area contributed by atoms with Crippen molar-refractivity contribution < 1.29 is 18.7 Å². The van der Waals surface area contributed by atoms with Crippen LogP contribution in [0.5, 0.6) is 5.75 Å². The highest BCUT2D eigenvalue weighted by atomic mass is 35.5. The van der Waals surface area contributed by atoms with E-state index in [4.69, 9.17) is 25.5 Å². The molecule has 5 nitrogen and oxygen atoms in total. The van der Waals surface area contributed by atoms with Gasteiger partial charge in [0.1, 0.15) is 11.3 Å². The van der Waals surface area contributed by atoms with Crippen molar-refractivity contribution in [1.29, 1.82) is 0 Å². The van der Waals surface area contributed by atoms with E-state index in [1.807, 2.05) is 44.2 Å². The van der Waals surface area contributed by atoms with Crippen LogP contribution in [-0.2, 0) is 9.53 Å². The quantitative estimate of drug-likeness (QED) is 0.374. The summed E-state index contributed by atoms with van der Waals surface area (Å²) in [6, 6.07) is 9.64. The van der Waals surface area contributed by atoms with Gasteiger partial charge in [-0.3, -0.25) is 4.79 Å². The minimum absolute atomic E-state index is 0.145. The second kappa shape index (κ2) is 9.83. The molecule has 1 N–H and O–H groups in total. The molecular weight excluding hydrogens is 402 g/mol. The molecule has 0 radical (unpaired) electrons. The Hall–Kier alpha value is -2.76. The van der Waals surface area contributed by atoms with E-state index in [9.17, 15) is 4.79 Å². The zero-order valence-corrected chi connectivity index (χ0v) is 18.4. The number of ether oxygens (including phenoxy) is 2. The average Bonchev–Trinajstić information content (AvgIpc) is 3.16. The summed E-state index contributed by atoms with van der Waals surface area (Å²) in [5.74, 6) is 0.550. The molecule has 2 aromatic carbocycles. The topological polar surface area (TPSA) is 60.7 Å². The fourth-order valence-corrected chi connectivity index (χ4v) is 3.60. The van der Waals surface area contributed by atoms with E-state index in [1.165, 1.54) is 0 Å². The molecule has 3 rings (SSSR count). The molecule has 3 aromatic rings. The lowest BCUT2D eigenvalue weighted by molar-refractivity contribution is -0.116. The Balaban J connectivity index is 2.01. The van der Waals surface area contributed by atoms with Crippen molar-refractivity contribution in [3.8, 4) is 16.9 Å². The lowest BCUT2D eigenvalue weighted by Crippen LogP contribution is -2.23. The molecule has 0 saturated carbocycles. The maximum absolute atomic E-state index is 12.3. The first-order valence-corrected chi connectivity index (χ1v) is 10.1. The number of hydrogen-bond donors (Lipinski definition) is 1. The van der Waals surface area contributed by atoms with Gasteiger partial charge in [0.05, 0.1) is 13.4 Å². The normalized spacial score (nSPS) is 11.7. The molecule has 1 amide bonds. The lowest BCUT2D eigenvalue weighted by atomic mass is 9.96. The molecule has 1 heterocycles. The third-order valence-electron chi connectivity index (χ3n) is 5.00. The molecule has 6 heteroatoms. The monoisotopic (exact) mass is 427 g/mol. The summed E-state index contributed by atoms with van der Waals surface area (Å²) in [5, 5.41) is 4.52. The Bertz CT molecular complexity index is 1070. The molecule has 0 fully saturated rings. The number of nitrogens with one attached hydrogen (secondary N) is 1. The van der Waals surface area contributed by atoms with Gasteiger partial charge < -0.3 is 19.2 Å². The number of hydrogen-bond acceptors (Lipinski definition) is 4. The zero-order chi connectivity index (χ0) is 21.7. The van der Waals surface area contributed by atoms with Crippen LogP contribution < -0.4 is 10.1 Å². The number of allylic oxidation sites excluding steroid dienone is 1. The van der Waals surface area contributed by atoms with Crippen LogP contribution in [0.25, 0.3) is 27.7 Å². The number of fused-ring (bicyclic) bond motifs is 1. The van der Waals surface area contributed by atoms with Crippen LogP contribution in [0.3, 0.4) is 0 Å². The molecule has 0 unspecified atom stereocenters. The smallest absolute Gasteiger partial charge is 0.244 e. The summed E-state index contributed by atoms with van der Waals surface area (Å²) in [5.41, 5.74) is 5.28. The van der Waals surface area contributed by atoms with Gasteiger partial charge in [0.2, 0.25) is 5.91 Å². The highest BCUT2D eigenvalue weighted by Gasteiger charge is 2.18. The molecule has 0 spiro atoms. The number of benzene rings is 2. The number of carbonyl (C=O) groups excluding carboxylic acids is 1. The molecule has 0 aliphatic heterocycles. The first-order valence-electron chi connectivity index (χ1n) is 9.76. The van der Waals surface area contributed by atoms with Crippen molar-refractivity contribution in [3.05, 3.63) is 58.8 Å². The summed E-state index contributed by atoms with van der Waals surface area (Å²) in [6.45, 7) is 5.03. The standard InChI is InChI=1S/C24H26ClNO4/c1-15(12-22(27)26-10-5-11-28-3)19-13-20-21(17-6-8-18(25)9-7-17)14-30-24(20)16(2)23(19)29-4/h6-9,12-14H,5,10-11H2,1-4H3,(H,26,27)/b15-12+. The maximum atomic E-state index is 12.3. The van der Waals surface area contributed by atoms with Gasteiger partial charge in [-0.2, -0.15) is 0 Å². The van der Waals surface area contributed by atoms with Gasteiger partial charge in [0.15, 0.2) is 0 Å². The highest BCUT2D eigenvalue weighted by molar-refractivity contribution is 6.30. The largest absolute Gasteiger partial charge is 0.496 e. The number of rotatable bonds is 8. The van der Waals surface area contributed by atoms with Crippen LogP contribution in [0, 0.1) is 6.92 Å². The van der Waals surface area contributed by atoms with Crippen molar-refractivity contribution in [2.75, 3.05) is 27.4 Å². The van der Waals surface area contributed by atoms with Crippen LogP contribution in [0.2, 0.25) is 5.02 Å². The Labute approximate surface area is 181 Å². The molecule has 0 saturated heterocycles. The van der Waals surface area contributed by atoms with Gasteiger partial charge in [-0.1, -0.05) is 23.7 Å². The first-order chi connectivity index (χ1) is 14.5. The molecule has 0 aliphatic carbocycles. The Morgan fingerprint density at radius 3 is 2.63 bits per heavy atom. The number of amides is 1. The highest BCUT2D eigenvalue weighted by Crippen LogP contribution is 2.40. The number of carbonyl (C=O) groups is 1. The van der Waals surface area contributed by atoms with Crippen LogP contribution in [-0.4, -0.2) is 33.3 Å². The van der Waals surface area contributed by atoms with Gasteiger partial charge in [0.25, 0.3) is 0 Å². The predicted octanol–water partition coefficient (Wildman–Crippen LogP) is 5.63. The van der Waals surface area contributed by atoms with E-state index < -0.39 is 0 Å². The van der Waals surface area contributed by atoms with Crippen molar-refractivity contribution in [2.24, 2.45) is 0 Å². The van der Waals surface area contributed by atoms with E-state index in [-0.39, 0.29) is 5.91 Å². The zero-order valence-electron chi connectivity index (χ0n) is 17.7. The number of aryl methyl sites for hydroxylation is 1. The van der Waals surface area contributed by atoms with Crippen molar-refractivity contribution in [3.63, 3.8) is 0 Å². The third kappa shape index (κ3) is 4.69. The molecule has 30 heavy (non-hydrogen) atoms. The fourth-order valence-electron chi connectivity index (χ4n) is 3.48. The Kier molecular flexibility index (Phi) is 7.19. The van der Waals surface area contributed by atoms with E-state index >= 15 is 0 Å². The van der Waals surface area contributed by atoms with Gasteiger partial charge in [0, 0.05) is 53.4 Å². The predicted molar refractivity (Wildman–Crippen MR) is 121 cm³/mol. The van der Waals surface area contributed by atoms with Crippen LogP contribution in [0.4, 0.5) is 0 Å². The molecule has 158 valence electrons. The minimum atomic E-state index is -0.145. The van der Waals surface area contributed by atoms with Crippen LogP contribution >= 0.6 is 11.6 Å². The summed E-state index contributed by atoms with van der Waals surface area (Å²) in [7, 11) is 3.27. The van der Waals surface area contributed by atoms with Crippen molar-refractivity contribution in [2.45, 2.75) is 20.3 Å². The van der Waals surface area contributed by atoms with Crippen molar-refractivity contribution in [1.82, 2.24) is 5.32 Å². The summed E-state index contributed by atoms with van der Waals surface area (Å²) >= 11 is 6.03. The van der Waals surface area contributed by atoms with Gasteiger partial charge in [-0.15, -0.1) is 0 Å². The van der Waals surface area contributed by atoms with E-state index in [0.29, 0.717) is 23.9 Å². The van der Waals surface area contributed by atoms with Crippen LogP contribution in [0.15, 0.2) is 47.1 Å². The van der Waals surface area contributed by atoms with E-state index in [2.05, 4.69) is 5.32 Å². The first kappa shape index (κ1) is 21.9. The molecule has 0 aliphatic rings. The Morgan fingerprint density at radius 2 is 1.97 bits per heavy atom. The maximum Gasteiger partial charge on any atom is 0.244 e. The van der Waals surface area contributed by atoms with Crippen molar-refractivity contribution >= 4 is 34.1 Å². The Morgan fingerprint density at radius 1 is 1.23 bits per heavy atom. The number of furan rings is 1. The van der Waals surface area contributed by atoms with E-state index in [1.54, 1.807) is 26.6 Å². The second-order valence-corrected chi connectivity index (χ2v) is 7.52. The molecule has 0 bridgehead atoms.